The van der Waals surface area contributed by atoms with E-state index in [4.69, 9.17) is 0 Å². The molecule has 5 nitrogen and oxygen atoms in total. The zero-order valence-corrected chi connectivity index (χ0v) is 14.1. The van der Waals surface area contributed by atoms with E-state index in [1.54, 1.807) is 0 Å². The summed E-state index contributed by atoms with van der Waals surface area (Å²) in [5.41, 5.74) is 0. The third-order valence-corrected chi connectivity index (χ3v) is 4.00. The van der Waals surface area contributed by atoms with E-state index in [1.165, 1.54) is 0 Å². The van der Waals surface area contributed by atoms with E-state index >= 15 is 0 Å². The third kappa shape index (κ3) is 7.92. The van der Waals surface area contributed by atoms with Gasteiger partial charge in [-0.05, 0) is 45.2 Å². The van der Waals surface area contributed by atoms with E-state index in [2.05, 4.69) is 29.0 Å². The van der Waals surface area contributed by atoms with Crippen molar-refractivity contribution in [1.82, 2.24) is 16.0 Å². The molecule has 3 atom stereocenters. The zero-order valence-electron chi connectivity index (χ0n) is 14.1. The summed E-state index contributed by atoms with van der Waals surface area (Å²) >= 11 is 0. The Bertz CT molecular complexity index is 334. The summed E-state index contributed by atoms with van der Waals surface area (Å²) in [6.07, 6.45) is 9.02. The fraction of sp³-hybridized carbons (Fsp3) is 0.824. The standard InChI is InChI=1S/C17H33N3O2/c1-3-10-18-11-5-6-12-19-17(22)13-14-8-7-9-15(20-14)16(21)4-2/h7-8,14-16,18,20-21H,3-6,9-13H2,1-2H3,(H,19,22)/t14-,15?,16+/m1/s1. The molecule has 0 aromatic rings. The Labute approximate surface area is 134 Å². The van der Waals surface area contributed by atoms with Crippen molar-refractivity contribution in [3.63, 3.8) is 0 Å². The van der Waals surface area contributed by atoms with Crippen LogP contribution in [0.3, 0.4) is 0 Å². The molecule has 4 N–H and O–H groups in total. The SMILES string of the molecule is CCCNCCCCNC(=O)C[C@H]1C=CCC([C@@H](O)CC)N1. The monoisotopic (exact) mass is 311 g/mol. The molecule has 5 heteroatoms. The highest BCUT2D eigenvalue weighted by Gasteiger charge is 2.23. The van der Waals surface area contributed by atoms with Gasteiger partial charge in [0.15, 0.2) is 0 Å². The number of hydrogen-bond donors (Lipinski definition) is 4. The second kappa shape index (κ2) is 11.6. The first kappa shape index (κ1) is 19.1. The van der Waals surface area contributed by atoms with Gasteiger partial charge >= 0.3 is 0 Å². The molecule has 0 bridgehead atoms. The maximum atomic E-state index is 11.9. The van der Waals surface area contributed by atoms with Gasteiger partial charge in [0.05, 0.1) is 6.10 Å². The molecule has 128 valence electrons. The number of carbonyl (C=O) groups is 1. The Morgan fingerprint density at radius 3 is 2.82 bits per heavy atom. The number of amides is 1. The number of aliphatic hydroxyl groups excluding tert-OH is 1. The first-order chi connectivity index (χ1) is 10.7. The van der Waals surface area contributed by atoms with Crippen molar-refractivity contribution < 1.29 is 9.90 Å². The van der Waals surface area contributed by atoms with Gasteiger partial charge in [-0.2, -0.15) is 0 Å². The van der Waals surface area contributed by atoms with Gasteiger partial charge < -0.3 is 21.1 Å². The average molecular weight is 311 g/mol. The normalized spacial score (nSPS) is 22.5. The minimum absolute atomic E-state index is 0.0335. The summed E-state index contributed by atoms with van der Waals surface area (Å²) in [7, 11) is 0. The molecule has 1 heterocycles. The van der Waals surface area contributed by atoms with Crippen molar-refractivity contribution in [2.24, 2.45) is 0 Å². The predicted octanol–water partition coefficient (Wildman–Crippen LogP) is 1.33. The van der Waals surface area contributed by atoms with Crippen LogP contribution >= 0.6 is 0 Å². The van der Waals surface area contributed by atoms with Crippen LogP contribution in [0.5, 0.6) is 0 Å². The minimum atomic E-state index is -0.342. The summed E-state index contributed by atoms with van der Waals surface area (Å²) in [6, 6.07) is 0.101. The highest BCUT2D eigenvalue weighted by atomic mass is 16.3. The lowest BCUT2D eigenvalue weighted by Gasteiger charge is -2.29. The highest BCUT2D eigenvalue weighted by molar-refractivity contribution is 5.76. The van der Waals surface area contributed by atoms with Gasteiger partial charge in [0.25, 0.3) is 0 Å². The fourth-order valence-electron chi connectivity index (χ4n) is 2.64. The number of nitrogens with one attached hydrogen (secondary N) is 3. The molecule has 1 unspecified atom stereocenters. The summed E-state index contributed by atoms with van der Waals surface area (Å²) in [4.78, 5) is 11.9. The lowest BCUT2D eigenvalue weighted by Crippen LogP contribution is -2.48. The maximum Gasteiger partial charge on any atom is 0.221 e. The molecular weight excluding hydrogens is 278 g/mol. The quantitative estimate of drug-likeness (QED) is 0.343. The number of rotatable bonds is 11. The van der Waals surface area contributed by atoms with E-state index in [0.717, 1.165) is 51.7 Å². The molecule has 1 aliphatic rings. The number of hydrogen-bond acceptors (Lipinski definition) is 4. The molecule has 1 aliphatic heterocycles. The van der Waals surface area contributed by atoms with Gasteiger partial charge in [0.2, 0.25) is 5.91 Å². The van der Waals surface area contributed by atoms with Gasteiger partial charge in [-0.1, -0.05) is 26.0 Å². The number of unbranched alkanes of at least 4 members (excludes halogenated alkanes) is 1. The summed E-state index contributed by atoms with van der Waals surface area (Å²) < 4.78 is 0. The second-order valence-electron chi connectivity index (χ2n) is 6.03. The maximum absolute atomic E-state index is 11.9. The molecular formula is C17H33N3O2. The first-order valence-electron chi connectivity index (χ1n) is 8.75. The van der Waals surface area contributed by atoms with Crippen molar-refractivity contribution in [3.05, 3.63) is 12.2 Å². The number of aliphatic hydroxyl groups is 1. The topological polar surface area (TPSA) is 73.4 Å². The van der Waals surface area contributed by atoms with E-state index in [9.17, 15) is 9.90 Å². The minimum Gasteiger partial charge on any atom is -0.392 e. The van der Waals surface area contributed by atoms with Crippen molar-refractivity contribution in [3.8, 4) is 0 Å². The van der Waals surface area contributed by atoms with Crippen LogP contribution < -0.4 is 16.0 Å². The van der Waals surface area contributed by atoms with E-state index in [1.807, 2.05) is 13.0 Å². The van der Waals surface area contributed by atoms with Crippen LogP contribution in [-0.2, 0) is 4.79 Å². The fourth-order valence-corrected chi connectivity index (χ4v) is 2.64. The molecule has 1 amide bonds. The molecule has 22 heavy (non-hydrogen) atoms. The lowest BCUT2D eigenvalue weighted by molar-refractivity contribution is -0.121. The van der Waals surface area contributed by atoms with Crippen LogP contribution in [0.25, 0.3) is 0 Å². The molecule has 0 aromatic heterocycles. The summed E-state index contributed by atoms with van der Waals surface area (Å²) in [5, 5.41) is 19.6. The molecule has 0 aromatic carbocycles. The highest BCUT2D eigenvalue weighted by Crippen LogP contribution is 2.12. The molecule has 0 radical (unpaired) electrons. The van der Waals surface area contributed by atoms with Crippen LogP contribution in [0, 0.1) is 0 Å². The molecule has 0 saturated heterocycles. The molecule has 1 rings (SSSR count). The van der Waals surface area contributed by atoms with Crippen LogP contribution in [0.15, 0.2) is 12.2 Å². The lowest BCUT2D eigenvalue weighted by atomic mass is 9.98. The van der Waals surface area contributed by atoms with Crippen molar-refractivity contribution in [2.75, 3.05) is 19.6 Å². The van der Waals surface area contributed by atoms with E-state index < -0.39 is 0 Å². The number of carbonyl (C=O) groups excluding carboxylic acids is 1. The Hall–Kier alpha value is -0.910. The molecule has 0 fully saturated rings. The zero-order chi connectivity index (χ0) is 16.2. The van der Waals surface area contributed by atoms with E-state index in [0.29, 0.717) is 6.42 Å². The van der Waals surface area contributed by atoms with Gasteiger partial charge in [0.1, 0.15) is 0 Å². The van der Waals surface area contributed by atoms with Crippen LogP contribution in [0.1, 0.15) is 52.4 Å². The predicted molar refractivity (Wildman–Crippen MR) is 90.8 cm³/mol. The largest absolute Gasteiger partial charge is 0.392 e. The Kier molecular flexibility index (Phi) is 10.1. The van der Waals surface area contributed by atoms with Crippen molar-refractivity contribution in [1.29, 1.82) is 0 Å². The van der Waals surface area contributed by atoms with Gasteiger partial charge in [-0.15, -0.1) is 0 Å². The van der Waals surface area contributed by atoms with Crippen LogP contribution in [0.2, 0.25) is 0 Å². The van der Waals surface area contributed by atoms with Crippen molar-refractivity contribution >= 4 is 5.91 Å². The second-order valence-corrected chi connectivity index (χ2v) is 6.03. The first-order valence-corrected chi connectivity index (χ1v) is 8.75. The van der Waals surface area contributed by atoms with Gasteiger partial charge in [-0.25, -0.2) is 0 Å². The van der Waals surface area contributed by atoms with Gasteiger partial charge in [-0.3, -0.25) is 4.79 Å². The Balaban J connectivity index is 2.11. The smallest absolute Gasteiger partial charge is 0.221 e. The van der Waals surface area contributed by atoms with Crippen LogP contribution in [-0.4, -0.2) is 48.8 Å². The molecule has 0 spiro atoms. The van der Waals surface area contributed by atoms with Gasteiger partial charge in [0, 0.05) is 25.0 Å². The Morgan fingerprint density at radius 1 is 1.32 bits per heavy atom. The third-order valence-electron chi connectivity index (χ3n) is 4.00. The Morgan fingerprint density at radius 2 is 2.09 bits per heavy atom. The molecule has 0 aliphatic carbocycles. The molecule has 0 saturated carbocycles. The summed E-state index contributed by atoms with van der Waals surface area (Å²) in [5.74, 6) is 0.0790. The van der Waals surface area contributed by atoms with Crippen LogP contribution in [0.4, 0.5) is 0 Å². The van der Waals surface area contributed by atoms with Crippen molar-refractivity contribution in [2.45, 2.75) is 70.6 Å². The summed E-state index contributed by atoms with van der Waals surface area (Å²) in [6.45, 7) is 6.96. The van der Waals surface area contributed by atoms with E-state index in [-0.39, 0.29) is 24.1 Å². The average Bonchev–Trinajstić information content (AvgIpc) is 2.53.